The van der Waals surface area contributed by atoms with Gasteiger partial charge in [0.05, 0.1) is 9.85 Å². The number of nitro groups is 2. The molecule has 0 spiro atoms. The van der Waals surface area contributed by atoms with E-state index in [1.54, 1.807) is 0 Å². The summed E-state index contributed by atoms with van der Waals surface area (Å²) in [6, 6.07) is 10.5. The minimum Gasteiger partial charge on any atom is -0.322 e. The zero-order valence-corrected chi connectivity index (χ0v) is 10.6. The fourth-order valence-corrected chi connectivity index (χ4v) is 1.63. The predicted octanol–water partition coefficient (Wildman–Crippen LogP) is 2.76. The maximum absolute atomic E-state index is 11.9. The Labute approximate surface area is 118 Å². The van der Waals surface area contributed by atoms with Crippen molar-refractivity contribution < 1.29 is 14.6 Å². The van der Waals surface area contributed by atoms with Crippen molar-refractivity contribution in [2.24, 2.45) is 0 Å². The van der Waals surface area contributed by atoms with E-state index in [-0.39, 0.29) is 16.9 Å². The van der Waals surface area contributed by atoms with Gasteiger partial charge in [0.25, 0.3) is 17.3 Å². The summed E-state index contributed by atoms with van der Waals surface area (Å²) in [7, 11) is 0. The molecule has 0 radical (unpaired) electrons. The lowest BCUT2D eigenvalue weighted by molar-refractivity contribution is -0.385. The van der Waals surface area contributed by atoms with Gasteiger partial charge in [-0.2, -0.15) is 0 Å². The van der Waals surface area contributed by atoms with Crippen molar-refractivity contribution in [2.75, 3.05) is 5.32 Å². The minimum absolute atomic E-state index is 0.0941. The van der Waals surface area contributed by atoms with E-state index in [4.69, 9.17) is 0 Å². The van der Waals surface area contributed by atoms with E-state index in [1.165, 1.54) is 42.5 Å². The molecule has 2 rings (SSSR count). The highest BCUT2D eigenvalue weighted by molar-refractivity contribution is 6.04. The van der Waals surface area contributed by atoms with Crippen LogP contribution in [0.1, 0.15) is 10.4 Å². The Morgan fingerprint density at radius 1 is 0.905 bits per heavy atom. The minimum atomic E-state index is -0.595. The molecular weight excluding hydrogens is 278 g/mol. The molecule has 2 aromatic carbocycles. The van der Waals surface area contributed by atoms with Gasteiger partial charge in [0.2, 0.25) is 0 Å². The van der Waals surface area contributed by atoms with Crippen LogP contribution in [0.4, 0.5) is 17.1 Å². The monoisotopic (exact) mass is 287 g/mol. The molecule has 1 amide bonds. The lowest BCUT2D eigenvalue weighted by Gasteiger charge is -2.04. The molecule has 0 aliphatic carbocycles. The third-order valence-electron chi connectivity index (χ3n) is 2.66. The highest BCUT2D eigenvalue weighted by atomic mass is 16.6. The molecule has 106 valence electrons. The Morgan fingerprint density at radius 2 is 1.52 bits per heavy atom. The maximum Gasteiger partial charge on any atom is 0.270 e. The topological polar surface area (TPSA) is 115 Å². The quantitative estimate of drug-likeness (QED) is 0.685. The molecule has 0 aliphatic heterocycles. The van der Waals surface area contributed by atoms with Crippen molar-refractivity contribution in [3.63, 3.8) is 0 Å². The van der Waals surface area contributed by atoms with Crippen molar-refractivity contribution in [3.05, 3.63) is 74.3 Å². The van der Waals surface area contributed by atoms with Gasteiger partial charge < -0.3 is 5.32 Å². The molecule has 0 heterocycles. The molecule has 0 saturated carbocycles. The summed E-state index contributed by atoms with van der Waals surface area (Å²) in [6.45, 7) is 0. The highest BCUT2D eigenvalue weighted by Gasteiger charge is 2.12. The second-order valence-electron chi connectivity index (χ2n) is 4.07. The van der Waals surface area contributed by atoms with Crippen molar-refractivity contribution >= 4 is 23.0 Å². The third kappa shape index (κ3) is 3.38. The number of nitro benzene ring substituents is 2. The van der Waals surface area contributed by atoms with Gasteiger partial charge >= 0.3 is 0 Å². The standard InChI is InChI=1S/C13H9N3O5/c17-13(9-2-1-3-12(8-9)16(20)21)14-10-4-6-11(7-5-10)15(18)19/h1-8H,(H,14,17). The summed E-state index contributed by atoms with van der Waals surface area (Å²) in [6.07, 6.45) is 0. The van der Waals surface area contributed by atoms with Crippen LogP contribution in [0.5, 0.6) is 0 Å². The number of nitrogens with one attached hydrogen (secondary N) is 1. The average molecular weight is 287 g/mol. The smallest absolute Gasteiger partial charge is 0.270 e. The Morgan fingerprint density at radius 3 is 2.10 bits per heavy atom. The van der Waals surface area contributed by atoms with Gasteiger partial charge in [0.15, 0.2) is 0 Å². The molecule has 0 aliphatic rings. The van der Waals surface area contributed by atoms with Crippen LogP contribution in [-0.4, -0.2) is 15.8 Å². The molecule has 21 heavy (non-hydrogen) atoms. The molecule has 0 aromatic heterocycles. The summed E-state index contributed by atoms with van der Waals surface area (Å²) >= 11 is 0. The van der Waals surface area contributed by atoms with Crippen LogP contribution < -0.4 is 5.32 Å². The largest absolute Gasteiger partial charge is 0.322 e. The van der Waals surface area contributed by atoms with Crippen LogP contribution in [-0.2, 0) is 0 Å². The molecular formula is C13H9N3O5. The predicted molar refractivity (Wildman–Crippen MR) is 74.1 cm³/mol. The first-order valence-corrected chi connectivity index (χ1v) is 5.77. The molecule has 0 atom stereocenters. The van der Waals surface area contributed by atoms with Gasteiger partial charge in [-0.25, -0.2) is 0 Å². The molecule has 8 nitrogen and oxygen atoms in total. The van der Waals surface area contributed by atoms with Crippen molar-refractivity contribution in [1.82, 2.24) is 0 Å². The normalized spacial score (nSPS) is 9.90. The number of hydrogen-bond donors (Lipinski definition) is 1. The highest BCUT2D eigenvalue weighted by Crippen LogP contribution is 2.18. The fourth-order valence-electron chi connectivity index (χ4n) is 1.63. The molecule has 0 fully saturated rings. The number of non-ortho nitro benzene ring substituents is 2. The van der Waals surface area contributed by atoms with E-state index in [0.29, 0.717) is 5.69 Å². The lowest BCUT2D eigenvalue weighted by atomic mass is 10.2. The van der Waals surface area contributed by atoms with E-state index in [9.17, 15) is 25.0 Å². The lowest BCUT2D eigenvalue weighted by Crippen LogP contribution is -2.12. The zero-order chi connectivity index (χ0) is 15.4. The Balaban J connectivity index is 2.16. The fraction of sp³-hybridized carbons (Fsp3) is 0. The molecule has 0 unspecified atom stereocenters. The summed E-state index contributed by atoms with van der Waals surface area (Å²) in [4.78, 5) is 32.0. The van der Waals surface area contributed by atoms with Crippen LogP contribution in [0.2, 0.25) is 0 Å². The van der Waals surface area contributed by atoms with Crippen molar-refractivity contribution in [2.45, 2.75) is 0 Å². The van der Waals surface area contributed by atoms with Crippen LogP contribution >= 0.6 is 0 Å². The Bertz CT molecular complexity index is 712. The average Bonchev–Trinajstić information content (AvgIpc) is 2.48. The van der Waals surface area contributed by atoms with E-state index in [0.717, 1.165) is 6.07 Å². The van der Waals surface area contributed by atoms with E-state index < -0.39 is 15.8 Å². The number of benzene rings is 2. The Hall–Kier alpha value is -3.29. The second-order valence-corrected chi connectivity index (χ2v) is 4.07. The first kappa shape index (κ1) is 14.1. The van der Waals surface area contributed by atoms with Gasteiger partial charge in [-0.05, 0) is 18.2 Å². The summed E-state index contributed by atoms with van der Waals surface area (Å²) < 4.78 is 0. The third-order valence-corrected chi connectivity index (χ3v) is 2.66. The van der Waals surface area contributed by atoms with Crippen LogP contribution in [0.25, 0.3) is 0 Å². The van der Waals surface area contributed by atoms with Gasteiger partial charge in [0, 0.05) is 35.5 Å². The first-order chi connectivity index (χ1) is 9.97. The number of hydrogen-bond acceptors (Lipinski definition) is 5. The molecule has 0 saturated heterocycles. The van der Waals surface area contributed by atoms with Crippen molar-refractivity contribution in [1.29, 1.82) is 0 Å². The number of carbonyl (C=O) groups excluding carboxylic acids is 1. The van der Waals surface area contributed by atoms with Crippen LogP contribution in [0.3, 0.4) is 0 Å². The van der Waals surface area contributed by atoms with Gasteiger partial charge in [-0.3, -0.25) is 25.0 Å². The van der Waals surface area contributed by atoms with Gasteiger partial charge in [-0.1, -0.05) is 6.07 Å². The number of nitrogens with zero attached hydrogens (tertiary/aromatic N) is 2. The van der Waals surface area contributed by atoms with Gasteiger partial charge in [0.1, 0.15) is 0 Å². The molecule has 8 heteroatoms. The number of anilines is 1. The maximum atomic E-state index is 11.9. The molecule has 0 bridgehead atoms. The first-order valence-electron chi connectivity index (χ1n) is 5.77. The Kier molecular flexibility index (Phi) is 3.89. The van der Waals surface area contributed by atoms with E-state index in [1.807, 2.05) is 0 Å². The summed E-state index contributed by atoms with van der Waals surface area (Å²) in [5, 5.41) is 23.7. The number of rotatable bonds is 4. The summed E-state index contributed by atoms with van der Waals surface area (Å²) in [5.74, 6) is -0.535. The van der Waals surface area contributed by atoms with Crippen LogP contribution in [0.15, 0.2) is 48.5 Å². The van der Waals surface area contributed by atoms with E-state index >= 15 is 0 Å². The van der Waals surface area contributed by atoms with E-state index in [2.05, 4.69) is 5.32 Å². The molecule has 1 N–H and O–H groups in total. The number of amides is 1. The van der Waals surface area contributed by atoms with Crippen LogP contribution in [0, 0.1) is 20.2 Å². The summed E-state index contributed by atoms with van der Waals surface area (Å²) in [5.41, 5.74) is 0.203. The van der Waals surface area contributed by atoms with Crippen molar-refractivity contribution in [3.8, 4) is 0 Å². The zero-order valence-electron chi connectivity index (χ0n) is 10.6. The molecule has 2 aromatic rings. The van der Waals surface area contributed by atoms with Gasteiger partial charge in [-0.15, -0.1) is 0 Å². The second kappa shape index (κ2) is 5.78. The number of carbonyl (C=O) groups is 1. The SMILES string of the molecule is O=C(Nc1ccc([N+](=O)[O-])cc1)c1cccc([N+](=O)[O-])c1.